The summed E-state index contributed by atoms with van der Waals surface area (Å²) < 4.78 is 0. The number of carboxylic acids is 1. The molecule has 0 aliphatic rings. The number of aliphatic carboxylic acids is 1. The number of aromatic nitrogens is 1. The largest absolute Gasteiger partial charge is 0.507 e. The summed E-state index contributed by atoms with van der Waals surface area (Å²) in [7, 11) is 0. The summed E-state index contributed by atoms with van der Waals surface area (Å²) in [5.74, 6) is 0.0460. The topological polar surface area (TPSA) is 82.5 Å². The lowest BCUT2D eigenvalue weighted by Gasteiger charge is -2.12. The van der Waals surface area contributed by atoms with Gasteiger partial charge in [-0.2, -0.15) is 0 Å². The Bertz CT molecular complexity index is 966. The van der Waals surface area contributed by atoms with E-state index in [1.165, 1.54) is 5.56 Å². The van der Waals surface area contributed by atoms with Crippen molar-refractivity contribution >= 4 is 23.1 Å². The lowest BCUT2D eigenvalue weighted by atomic mass is 10.0. The van der Waals surface area contributed by atoms with E-state index >= 15 is 0 Å². The Kier molecular flexibility index (Phi) is 5.76. The Morgan fingerprint density at radius 2 is 2.00 bits per heavy atom. The number of aromatic hydroxyl groups is 1. The molecule has 1 aromatic carbocycles. The first-order chi connectivity index (χ1) is 12.9. The maximum Gasteiger partial charge on any atom is 0.303 e. The van der Waals surface area contributed by atoms with Gasteiger partial charge in [-0.05, 0) is 67.1 Å². The van der Waals surface area contributed by atoms with E-state index in [4.69, 9.17) is 5.11 Å². The quantitative estimate of drug-likeness (QED) is 0.497. The van der Waals surface area contributed by atoms with E-state index in [1.807, 2.05) is 31.2 Å². The molecule has 27 heavy (non-hydrogen) atoms. The molecule has 3 N–H and O–H groups in total. The van der Waals surface area contributed by atoms with Gasteiger partial charge in [0.2, 0.25) is 0 Å². The molecular formula is C21H22N2O3S. The fraction of sp³-hybridized carbons (Fsp3) is 0.238. The molecule has 0 aliphatic heterocycles. The monoisotopic (exact) mass is 382 g/mol. The van der Waals surface area contributed by atoms with Gasteiger partial charge in [0.05, 0.1) is 5.69 Å². The van der Waals surface area contributed by atoms with Crippen LogP contribution in [0.15, 0.2) is 41.8 Å². The van der Waals surface area contributed by atoms with E-state index in [9.17, 15) is 9.90 Å². The van der Waals surface area contributed by atoms with Crippen LogP contribution in [0.2, 0.25) is 0 Å². The van der Waals surface area contributed by atoms with Crippen molar-refractivity contribution in [2.24, 2.45) is 0 Å². The first kappa shape index (κ1) is 18.9. The standard InChI is InChI=1S/C21H22N2O3S/c1-13-5-6-18(24)16(10-13)17-11-15(21-14(2)7-9-27-21)12-19(23-17)22-8-3-4-20(25)26/h5-7,9-12,24H,3-4,8H2,1-2H3,(H,22,23)(H,25,26). The molecule has 5 nitrogen and oxygen atoms in total. The number of phenols is 1. The second kappa shape index (κ2) is 8.22. The predicted molar refractivity (Wildman–Crippen MR) is 109 cm³/mol. The van der Waals surface area contributed by atoms with Crippen LogP contribution in [0, 0.1) is 13.8 Å². The van der Waals surface area contributed by atoms with E-state index < -0.39 is 5.97 Å². The third-order valence-corrected chi connectivity index (χ3v) is 5.32. The summed E-state index contributed by atoms with van der Waals surface area (Å²) >= 11 is 1.66. The van der Waals surface area contributed by atoms with Gasteiger partial charge in [-0.3, -0.25) is 4.79 Å². The maximum absolute atomic E-state index is 10.7. The second-order valence-corrected chi connectivity index (χ2v) is 7.42. The highest BCUT2D eigenvalue weighted by molar-refractivity contribution is 7.13. The first-order valence-corrected chi connectivity index (χ1v) is 9.64. The lowest BCUT2D eigenvalue weighted by Crippen LogP contribution is -2.06. The molecule has 0 spiro atoms. The van der Waals surface area contributed by atoms with Gasteiger partial charge >= 0.3 is 5.97 Å². The number of carboxylic acid groups (broad SMARTS) is 1. The van der Waals surface area contributed by atoms with Gasteiger partial charge in [-0.25, -0.2) is 4.98 Å². The third-order valence-electron chi connectivity index (χ3n) is 4.25. The van der Waals surface area contributed by atoms with Crippen LogP contribution >= 0.6 is 11.3 Å². The predicted octanol–water partition coefficient (Wildman–Crippen LogP) is 5.08. The van der Waals surface area contributed by atoms with Crippen molar-refractivity contribution < 1.29 is 15.0 Å². The van der Waals surface area contributed by atoms with Crippen LogP contribution in [0.1, 0.15) is 24.0 Å². The SMILES string of the molecule is Cc1ccc(O)c(-c2cc(-c3sccc3C)cc(NCCCC(=O)O)n2)c1. The molecule has 0 saturated carbocycles. The molecule has 140 valence electrons. The number of nitrogens with one attached hydrogen (secondary N) is 1. The van der Waals surface area contributed by atoms with Crippen molar-refractivity contribution in [1.82, 2.24) is 4.98 Å². The van der Waals surface area contributed by atoms with Gasteiger partial charge < -0.3 is 15.5 Å². The van der Waals surface area contributed by atoms with Gasteiger partial charge in [0.1, 0.15) is 11.6 Å². The average Bonchev–Trinajstić information content (AvgIpc) is 3.06. The van der Waals surface area contributed by atoms with Crippen molar-refractivity contribution in [3.63, 3.8) is 0 Å². The zero-order valence-electron chi connectivity index (χ0n) is 15.3. The maximum atomic E-state index is 10.7. The fourth-order valence-electron chi connectivity index (χ4n) is 2.87. The summed E-state index contributed by atoms with van der Waals surface area (Å²) in [4.78, 5) is 16.5. The Labute approximate surface area is 162 Å². The number of hydrogen-bond acceptors (Lipinski definition) is 5. The van der Waals surface area contributed by atoms with Crippen LogP contribution < -0.4 is 5.32 Å². The molecule has 0 atom stereocenters. The second-order valence-electron chi connectivity index (χ2n) is 6.50. The molecule has 0 fully saturated rings. The highest BCUT2D eigenvalue weighted by Gasteiger charge is 2.12. The molecule has 0 amide bonds. The summed E-state index contributed by atoms with van der Waals surface area (Å²) in [6.07, 6.45) is 0.631. The molecule has 0 bridgehead atoms. The van der Waals surface area contributed by atoms with Crippen LogP contribution in [0.25, 0.3) is 21.7 Å². The minimum absolute atomic E-state index is 0.113. The number of carbonyl (C=O) groups is 1. The summed E-state index contributed by atoms with van der Waals surface area (Å²) in [5.41, 5.74) is 4.61. The highest BCUT2D eigenvalue weighted by Crippen LogP contribution is 2.36. The van der Waals surface area contributed by atoms with E-state index in [-0.39, 0.29) is 12.2 Å². The van der Waals surface area contributed by atoms with Crippen LogP contribution in [-0.4, -0.2) is 27.7 Å². The minimum Gasteiger partial charge on any atom is -0.507 e. The van der Waals surface area contributed by atoms with E-state index in [0.29, 0.717) is 30.0 Å². The summed E-state index contributed by atoms with van der Waals surface area (Å²) in [6.45, 7) is 4.56. The molecule has 6 heteroatoms. The number of anilines is 1. The van der Waals surface area contributed by atoms with Crippen molar-refractivity contribution in [1.29, 1.82) is 0 Å². The highest BCUT2D eigenvalue weighted by atomic mass is 32.1. The number of phenolic OH excluding ortho intramolecular Hbond substituents is 1. The van der Waals surface area contributed by atoms with Gasteiger partial charge in [0.15, 0.2) is 0 Å². The van der Waals surface area contributed by atoms with Gasteiger partial charge in [-0.1, -0.05) is 11.6 Å². The Morgan fingerprint density at radius 3 is 2.70 bits per heavy atom. The van der Waals surface area contributed by atoms with Gasteiger partial charge in [0, 0.05) is 23.4 Å². The molecule has 0 radical (unpaired) electrons. The van der Waals surface area contributed by atoms with Crippen LogP contribution in [0.3, 0.4) is 0 Å². The fourth-order valence-corrected chi connectivity index (χ4v) is 3.79. The molecule has 0 unspecified atom stereocenters. The number of hydrogen-bond donors (Lipinski definition) is 3. The minimum atomic E-state index is -0.807. The number of nitrogens with zero attached hydrogens (tertiary/aromatic N) is 1. The molecule has 2 aromatic heterocycles. The van der Waals surface area contributed by atoms with Crippen molar-refractivity contribution in [3.8, 4) is 27.4 Å². The molecule has 3 aromatic rings. The van der Waals surface area contributed by atoms with Crippen molar-refractivity contribution in [3.05, 3.63) is 52.9 Å². The number of benzene rings is 1. The molecule has 0 saturated heterocycles. The van der Waals surface area contributed by atoms with Crippen LogP contribution in [-0.2, 0) is 4.79 Å². The van der Waals surface area contributed by atoms with Crippen molar-refractivity contribution in [2.45, 2.75) is 26.7 Å². The zero-order chi connectivity index (χ0) is 19.4. The number of pyridine rings is 1. The average molecular weight is 382 g/mol. The number of thiophene rings is 1. The molecule has 2 heterocycles. The van der Waals surface area contributed by atoms with E-state index in [1.54, 1.807) is 17.4 Å². The summed E-state index contributed by atoms with van der Waals surface area (Å²) in [6, 6.07) is 11.5. The number of aryl methyl sites for hydroxylation is 2. The molecular weight excluding hydrogens is 360 g/mol. The Morgan fingerprint density at radius 1 is 1.19 bits per heavy atom. The van der Waals surface area contributed by atoms with E-state index in [2.05, 4.69) is 28.7 Å². The Balaban J connectivity index is 1.99. The Hall–Kier alpha value is -2.86. The smallest absolute Gasteiger partial charge is 0.303 e. The lowest BCUT2D eigenvalue weighted by molar-refractivity contribution is -0.137. The van der Waals surface area contributed by atoms with Gasteiger partial charge in [-0.15, -0.1) is 11.3 Å². The normalized spacial score (nSPS) is 10.7. The zero-order valence-corrected chi connectivity index (χ0v) is 16.1. The van der Waals surface area contributed by atoms with Gasteiger partial charge in [0.25, 0.3) is 0 Å². The summed E-state index contributed by atoms with van der Waals surface area (Å²) in [5, 5.41) is 24.4. The first-order valence-electron chi connectivity index (χ1n) is 8.76. The van der Waals surface area contributed by atoms with Crippen LogP contribution in [0.4, 0.5) is 5.82 Å². The van der Waals surface area contributed by atoms with E-state index in [0.717, 1.165) is 16.0 Å². The third kappa shape index (κ3) is 4.65. The molecule has 3 rings (SSSR count). The number of rotatable bonds is 7. The van der Waals surface area contributed by atoms with Crippen molar-refractivity contribution in [2.75, 3.05) is 11.9 Å². The van der Waals surface area contributed by atoms with Crippen LogP contribution in [0.5, 0.6) is 5.75 Å². The molecule has 0 aliphatic carbocycles.